The highest BCUT2D eigenvalue weighted by Crippen LogP contribution is 2.47. The lowest BCUT2D eigenvalue weighted by Crippen LogP contribution is -2.64. The first kappa shape index (κ1) is 55.8. The van der Waals surface area contributed by atoms with Crippen molar-refractivity contribution in [2.75, 3.05) is 13.2 Å². The van der Waals surface area contributed by atoms with Gasteiger partial charge in [0, 0.05) is 19.3 Å². The minimum Gasteiger partial charge on any atom is -0.462 e. The monoisotopic (exact) mass is 875 g/mol. The Morgan fingerprint density at radius 1 is 0.550 bits per heavy atom. The number of carbonyl (C=O) groups excluding carboxylic acids is 3. The van der Waals surface area contributed by atoms with Crippen molar-refractivity contribution in [2.45, 2.75) is 217 Å². The molecule has 0 amide bonds. The Bertz CT molecular complexity index is 1260. The van der Waals surface area contributed by atoms with Gasteiger partial charge >= 0.3 is 19.8 Å². The van der Waals surface area contributed by atoms with Crippen LogP contribution in [0.3, 0.4) is 0 Å². The fraction of sp³-hybridized carbons (Fsp3) is 0.800. The van der Waals surface area contributed by atoms with E-state index in [-0.39, 0.29) is 18.6 Å². The van der Waals surface area contributed by atoms with E-state index in [9.17, 15) is 49.4 Å². The summed E-state index contributed by atoms with van der Waals surface area (Å²) in [6.45, 7) is 3.10. The maximum absolute atomic E-state index is 12.8. The second-order valence-electron chi connectivity index (χ2n) is 15.9. The third kappa shape index (κ3) is 27.6. The number of rotatable bonds is 37. The molecule has 0 saturated heterocycles. The van der Waals surface area contributed by atoms with E-state index in [0.29, 0.717) is 19.3 Å². The van der Waals surface area contributed by atoms with Crippen molar-refractivity contribution in [2.24, 2.45) is 0 Å². The van der Waals surface area contributed by atoms with Crippen LogP contribution in [0.1, 0.15) is 174 Å². The number of phosphoric acid groups is 1. The first-order valence-corrected chi connectivity index (χ1v) is 24.2. The van der Waals surface area contributed by atoms with Crippen LogP contribution >= 0.6 is 7.82 Å². The van der Waals surface area contributed by atoms with E-state index in [2.05, 4.69) is 26.0 Å². The third-order valence-electron chi connectivity index (χ3n) is 10.4. The largest absolute Gasteiger partial charge is 0.472 e. The molecule has 14 nitrogen and oxygen atoms in total. The highest BCUT2D eigenvalue weighted by Gasteiger charge is 2.51. The molecule has 0 heterocycles. The van der Waals surface area contributed by atoms with E-state index in [1.165, 1.54) is 38.5 Å². The third-order valence-corrected chi connectivity index (χ3v) is 11.4. The van der Waals surface area contributed by atoms with E-state index in [1.54, 1.807) is 12.2 Å². The van der Waals surface area contributed by atoms with Crippen LogP contribution in [0.4, 0.5) is 0 Å². The predicted molar refractivity (Wildman–Crippen MR) is 231 cm³/mol. The molecule has 1 rings (SSSR count). The molecule has 1 saturated carbocycles. The summed E-state index contributed by atoms with van der Waals surface area (Å²) in [5.41, 5.74) is 0. The van der Waals surface area contributed by atoms with Gasteiger partial charge in [-0.15, -0.1) is 0 Å². The number of carbonyl (C=O) groups is 3. The zero-order chi connectivity index (χ0) is 44.4. The van der Waals surface area contributed by atoms with Crippen molar-refractivity contribution in [1.82, 2.24) is 0 Å². The predicted octanol–water partition coefficient (Wildman–Crippen LogP) is 7.79. The summed E-state index contributed by atoms with van der Waals surface area (Å²) in [6, 6.07) is 0. The van der Waals surface area contributed by atoms with E-state index in [4.69, 9.17) is 18.5 Å². The van der Waals surface area contributed by atoms with Crippen molar-refractivity contribution < 1.29 is 67.9 Å². The molecule has 8 atom stereocenters. The van der Waals surface area contributed by atoms with Crippen LogP contribution < -0.4 is 0 Å². The van der Waals surface area contributed by atoms with Crippen LogP contribution in [0.5, 0.6) is 0 Å². The lowest BCUT2D eigenvalue weighted by atomic mass is 9.85. The lowest BCUT2D eigenvalue weighted by Gasteiger charge is -2.41. The van der Waals surface area contributed by atoms with E-state index in [1.807, 2.05) is 12.2 Å². The normalized spacial score (nSPS) is 22.4. The quantitative estimate of drug-likeness (QED) is 0.00875. The number of hydrogen-bond acceptors (Lipinski definition) is 13. The SMILES string of the molecule is CCCCCCCC/C=C\CCCCCCCC(=O)OC[C@H](COP(=O)(O)OC1[C@H](O)[C@H](O)C(O)[C@H](O)[C@H]1O)OC(=O)CCCCCCC/C=C\C=C\C(=O)CCCCC. The molecule has 60 heavy (non-hydrogen) atoms. The Labute approximate surface area is 359 Å². The minimum absolute atomic E-state index is 0.0438. The Morgan fingerprint density at radius 2 is 1.00 bits per heavy atom. The van der Waals surface area contributed by atoms with Gasteiger partial charge in [-0.05, 0) is 63.9 Å². The van der Waals surface area contributed by atoms with E-state index >= 15 is 0 Å². The smallest absolute Gasteiger partial charge is 0.462 e. The second kappa shape index (κ2) is 35.2. The first-order valence-electron chi connectivity index (χ1n) is 22.7. The van der Waals surface area contributed by atoms with Gasteiger partial charge in [0.25, 0.3) is 0 Å². The van der Waals surface area contributed by atoms with Crippen LogP contribution in [-0.2, 0) is 37.5 Å². The molecule has 0 radical (unpaired) electrons. The second-order valence-corrected chi connectivity index (χ2v) is 17.3. The molecule has 1 aliphatic rings. The fourth-order valence-corrected chi connectivity index (χ4v) is 7.65. The number of allylic oxidation sites excluding steroid dienone is 6. The summed E-state index contributed by atoms with van der Waals surface area (Å²) in [5.74, 6) is -1.03. The van der Waals surface area contributed by atoms with Crippen molar-refractivity contribution >= 4 is 25.5 Å². The van der Waals surface area contributed by atoms with Gasteiger partial charge in [-0.1, -0.05) is 128 Å². The number of hydrogen-bond donors (Lipinski definition) is 6. The number of esters is 2. The molecular formula is C45H79O14P. The molecule has 0 bridgehead atoms. The fourth-order valence-electron chi connectivity index (χ4n) is 6.67. The van der Waals surface area contributed by atoms with Gasteiger partial charge in [-0.2, -0.15) is 0 Å². The van der Waals surface area contributed by atoms with Crippen LogP contribution in [0.15, 0.2) is 36.5 Å². The molecule has 0 aromatic carbocycles. The molecule has 348 valence electrons. The van der Waals surface area contributed by atoms with Gasteiger partial charge < -0.3 is 39.9 Å². The minimum atomic E-state index is -5.14. The summed E-state index contributed by atoms with van der Waals surface area (Å²) in [5, 5.41) is 50.1. The van der Waals surface area contributed by atoms with Crippen molar-refractivity contribution in [3.8, 4) is 0 Å². The van der Waals surface area contributed by atoms with Crippen molar-refractivity contribution in [3.05, 3.63) is 36.5 Å². The first-order chi connectivity index (χ1) is 28.8. The highest BCUT2D eigenvalue weighted by atomic mass is 31.2. The number of ether oxygens (including phenoxy) is 2. The van der Waals surface area contributed by atoms with Gasteiger partial charge in [-0.25, -0.2) is 4.57 Å². The number of aliphatic hydroxyl groups is 5. The number of aliphatic hydroxyl groups excluding tert-OH is 5. The highest BCUT2D eigenvalue weighted by molar-refractivity contribution is 7.47. The zero-order valence-electron chi connectivity index (χ0n) is 36.5. The molecule has 1 fully saturated rings. The lowest BCUT2D eigenvalue weighted by molar-refractivity contribution is -0.220. The van der Waals surface area contributed by atoms with Crippen LogP contribution in [0, 0.1) is 0 Å². The standard InChI is InChI=1S/C45H79O14P/c1-3-5-7-8-9-10-11-12-13-14-15-18-21-24-28-32-38(47)56-34-37(35-57-60(54,55)59-45-43(52)41(50)40(49)42(51)44(45)53)58-39(48)33-29-25-22-19-16-17-20-23-27-31-36(46)30-26-6-4-2/h12-13,20,23,27,31,37,40-45,49-53H,3-11,14-19,21-22,24-26,28-30,32-35H2,1-2H3,(H,54,55)/b13-12-,23-20-,31-27+/t37-,40?,41-,42+,43-,44-,45?/m1/s1. The van der Waals surface area contributed by atoms with E-state index in [0.717, 1.165) is 89.9 Å². The molecule has 6 N–H and O–H groups in total. The Morgan fingerprint density at radius 3 is 1.57 bits per heavy atom. The maximum atomic E-state index is 12.8. The molecular weight excluding hydrogens is 795 g/mol. The van der Waals surface area contributed by atoms with Crippen molar-refractivity contribution in [3.63, 3.8) is 0 Å². The van der Waals surface area contributed by atoms with Crippen molar-refractivity contribution in [1.29, 1.82) is 0 Å². The van der Waals surface area contributed by atoms with Gasteiger partial charge in [0.15, 0.2) is 11.9 Å². The summed E-state index contributed by atoms with van der Waals surface area (Å²) in [6.07, 6.45) is 21.8. The molecule has 0 aromatic heterocycles. The van der Waals surface area contributed by atoms with Gasteiger partial charge in [0.1, 0.15) is 43.2 Å². The summed E-state index contributed by atoms with van der Waals surface area (Å²) < 4.78 is 33.4. The van der Waals surface area contributed by atoms with Gasteiger partial charge in [0.2, 0.25) is 0 Å². The topological polar surface area (TPSA) is 227 Å². The average molecular weight is 875 g/mol. The van der Waals surface area contributed by atoms with Gasteiger partial charge in [0.05, 0.1) is 6.61 Å². The maximum Gasteiger partial charge on any atom is 0.472 e. The molecule has 3 unspecified atom stereocenters. The van der Waals surface area contributed by atoms with Gasteiger partial charge in [-0.3, -0.25) is 23.4 Å². The summed E-state index contributed by atoms with van der Waals surface area (Å²) >= 11 is 0. The Kier molecular flexibility index (Phi) is 32.7. The number of ketones is 1. The molecule has 0 aliphatic heterocycles. The molecule has 15 heteroatoms. The summed E-state index contributed by atoms with van der Waals surface area (Å²) in [7, 11) is -5.14. The molecule has 0 spiro atoms. The number of unbranched alkanes of at least 4 members (excludes halogenated alkanes) is 18. The zero-order valence-corrected chi connectivity index (χ0v) is 37.4. The number of phosphoric ester groups is 1. The van der Waals surface area contributed by atoms with Crippen LogP contribution in [0.2, 0.25) is 0 Å². The van der Waals surface area contributed by atoms with Crippen LogP contribution in [-0.4, -0.2) is 104 Å². The van der Waals surface area contributed by atoms with E-state index < -0.39 is 75.7 Å². The molecule has 1 aliphatic carbocycles. The Balaban J connectivity index is 2.51. The Hall–Kier alpha value is -2.26. The summed E-state index contributed by atoms with van der Waals surface area (Å²) in [4.78, 5) is 47.4. The average Bonchev–Trinajstić information content (AvgIpc) is 3.22. The molecule has 0 aromatic rings. The van der Waals surface area contributed by atoms with Crippen LogP contribution in [0.25, 0.3) is 0 Å².